The number of aryl methyl sites for hydroxylation is 1. The van der Waals surface area contributed by atoms with Gasteiger partial charge in [-0.15, -0.1) is 0 Å². The highest BCUT2D eigenvalue weighted by molar-refractivity contribution is 5.81. The minimum absolute atomic E-state index is 0.0640. The molecule has 1 saturated heterocycles. The molecule has 3 atom stereocenters. The average Bonchev–Trinajstić information content (AvgIpc) is 2.69. The number of hydrogen-bond donors (Lipinski definition) is 1. The van der Waals surface area contributed by atoms with Crippen LogP contribution in [0.3, 0.4) is 0 Å². The third kappa shape index (κ3) is 5.28. The van der Waals surface area contributed by atoms with Crippen molar-refractivity contribution in [3.05, 3.63) is 59.7 Å². The van der Waals surface area contributed by atoms with Gasteiger partial charge in [-0.05, 0) is 69.4 Å². The van der Waals surface area contributed by atoms with Crippen molar-refractivity contribution in [1.82, 2.24) is 5.32 Å². The fraction of sp³-hybridized carbons (Fsp3) is 0.458. The van der Waals surface area contributed by atoms with Crippen molar-refractivity contribution in [1.29, 1.82) is 0 Å². The third-order valence-electron chi connectivity index (χ3n) is 5.48. The molecule has 0 unspecified atom stereocenters. The van der Waals surface area contributed by atoms with Crippen LogP contribution in [0.1, 0.15) is 50.8 Å². The summed E-state index contributed by atoms with van der Waals surface area (Å²) in [5, 5.41) is 3.06. The Morgan fingerprint density at radius 3 is 2.43 bits per heavy atom. The first-order chi connectivity index (χ1) is 13.4. The first-order valence-corrected chi connectivity index (χ1v) is 10.3. The largest absolute Gasteiger partial charge is 0.481 e. The smallest absolute Gasteiger partial charge is 0.261 e. The molecule has 1 aliphatic heterocycles. The number of hydrogen-bond acceptors (Lipinski definition) is 3. The molecule has 1 fully saturated rings. The molecule has 4 heteroatoms. The number of ether oxygens (including phenoxy) is 1. The Bertz CT molecular complexity index is 770. The van der Waals surface area contributed by atoms with Gasteiger partial charge in [0.15, 0.2) is 6.10 Å². The summed E-state index contributed by atoms with van der Waals surface area (Å²) in [6.45, 7) is 10.4. The molecule has 0 aromatic heterocycles. The summed E-state index contributed by atoms with van der Waals surface area (Å²) in [5.41, 5.74) is 3.54. The van der Waals surface area contributed by atoms with Crippen molar-refractivity contribution in [2.75, 3.05) is 18.0 Å². The number of nitrogens with one attached hydrogen (secondary N) is 1. The number of carbonyl (C=O) groups is 1. The summed E-state index contributed by atoms with van der Waals surface area (Å²) in [7, 11) is 0. The van der Waals surface area contributed by atoms with Crippen molar-refractivity contribution in [3.63, 3.8) is 0 Å². The second kappa shape index (κ2) is 9.13. The number of benzene rings is 2. The Hall–Kier alpha value is -2.49. The predicted octanol–water partition coefficient (Wildman–Crippen LogP) is 4.88. The lowest BCUT2D eigenvalue weighted by molar-refractivity contribution is -0.127. The highest BCUT2D eigenvalue weighted by Gasteiger charge is 2.19. The predicted molar refractivity (Wildman–Crippen MR) is 115 cm³/mol. The summed E-state index contributed by atoms with van der Waals surface area (Å²) >= 11 is 0. The fourth-order valence-electron chi connectivity index (χ4n) is 3.69. The van der Waals surface area contributed by atoms with Gasteiger partial charge < -0.3 is 15.0 Å². The lowest BCUT2D eigenvalue weighted by Gasteiger charge is -2.33. The van der Waals surface area contributed by atoms with Crippen molar-refractivity contribution in [2.24, 2.45) is 5.92 Å². The number of rotatable bonds is 6. The van der Waals surface area contributed by atoms with Crippen LogP contribution in [0.4, 0.5) is 5.69 Å². The van der Waals surface area contributed by atoms with E-state index in [9.17, 15) is 4.79 Å². The molecule has 0 bridgehead atoms. The molecule has 0 aliphatic carbocycles. The zero-order valence-electron chi connectivity index (χ0n) is 17.4. The zero-order valence-corrected chi connectivity index (χ0v) is 17.4. The van der Waals surface area contributed by atoms with E-state index in [0.29, 0.717) is 5.75 Å². The van der Waals surface area contributed by atoms with E-state index in [1.807, 2.05) is 38.1 Å². The van der Waals surface area contributed by atoms with Gasteiger partial charge in [0.2, 0.25) is 0 Å². The van der Waals surface area contributed by atoms with E-state index < -0.39 is 6.10 Å². The molecule has 2 aromatic rings. The maximum atomic E-state index is 12.5. The van der Waals surface area contributed by atoms with E-state index in [2.05, 4.69) is 41.4 Å². The molecule has 3 rings (SSSR count). The average molecular weight is 381 g/mol. The Morgan fingerprint density at radius 1 is 1.11 bits per heavy atom. The maximum Gasteiger partial charge on any atom is 0.261 e. The van der Waals surface area contributed by atoms with Crippen molar-refractivity contribution in [3.8, 4) is 5.75 Å². The fourth-order valence-corrected chi connectivity index (χ4v) is 3.69. The van der Waals surface area contributed by atoms with Gasteiger partial charge in [-0.25, -0.2) is 0 Å². The molecule has 0 saturated carbocycles. The van der Waals surface area contributed by atoms with Crippen LogP contribution in [0.5, 0.6) is 5.75 Å². The minimum Gasteiger partial charge on any atom is -0.481 e. The Kier molecular flexibility index (Phi) is 6.61. The molecule has 28 heavy (non-hydrogen) atoms. The number of nitrogens with zero attached hydrogens (tertiary/aromatic N) is 1. The summed E-state index contributed by atoms with van der Waals surface area (Å²) in [5.74, 6) is 1.35. The van der Waals surface area contributed by atoms with Gasteiger partial charge in [0, 0.05) is 18.8 Å². The van der Waals surface area contributed by atoms with Gasteiger partial charge in [-0.3, -0.25) is 4.79 Å². The third-order valence-corrected chi connectivity index (χ3v) is 5.48. The Labute approximate surface area is 168 Å². The molecule has 1 aliphatic rings. The first-order valence-electron chi connectivity index (χ1n) is 10.3. The Balaban J connectivity index is 1.55. The van der Waals surface area contributed by atoms with Crippen molar-refractivity contribution in [2.45, 2.75) is 52.7 Å². The van der Waals surface area contributed by atoms with E-state index in [4.69, 9.17) is 4.74 Å². The molecule has 0 radical (unpaired) electrons. The number of piperidine rings is 1. The van der Waals surface area contributed by atoms with Crippen LogP contribution in [0, 0.1) is 12.8 Å². The van der Waals surface area contributed by atoms with Gasteiger partial charge >= 0.3 is 0 Å². The van der Waals surface area contributed by atoms with Crippen LogP contribution in [0.15, 0.2) is 48.5 Å². The maximum absolute atomic E-state index is 12.5. The zero-order chi connectivity index (χ0) is 20.1. The molecular weight excluding hydrogens is 348 g/mol. The van der Waals surface area contributed by atoms with E-state index in [1.54, 1.807) is 6.92 Å². The van der Waals surface area contributed by atoms with E-state index in [1.165, 1.54) is 24.1 Å². The number of anilines is 1. The van der Waals surface area contributed by atoms with Gasteiger partial charge in [0.1, 0.15) is 5.75 Å². The highest BCUT2D eigenvalue weighted by Crippen LogP contribution is 2.24. The van der Waals surface area contributed by atoms with Crippen LogP contribution in [-0.4, -0.2) is 25.1 Å². The molecule has 0 spiro atoms. The first kappa shape index (κ1) is 20.2. The van der Waals surface area contributed by atoms with Gasteiger partial charge in [-0.1, -0.05) is 36.8 Å². The second-order valence-corrected chi connectivity index (χ2v) is 8.09. The van der Waals surface area contributed by atoms with Crippen LogP contribution >= 0.6 is 0 Å². The lowest BCUT2D eigenvalue weighted by atomic mass is 9.99. The summed E-state index contributed by atoms with van der Waals surface area (Å²) in [6, 6.07) is 16.2. The quantitative estimate of drug-likeness (QED) is 0.777. The van der Waals surface area contributed by atoms with E-state index >= 15 is 0 Å². The molecule has 150 valence electrons. The highest BCUT2D eigenvalue weighted by atomic mass is 16.5. The van der Waals surface area contributed by atoms with E-state index in [-0.39, 0.29) is 11.9 Å². The summed E-state index contributed by atoms with van der Waals surface area (Å²) in [6.07, 6.45) is 2.04. The molecule has 1 heterocycles. The molecule has 4 nitrogen and oxygen atoms in total. The number of amides is 1. The van der Waals surface area contributed by atoms with Crippen molar-refractivity contribution < 1.29 is 9.53 Å². The number of carbonyl (C=O) groups excluding carboxylic acids is 1. The Morgan fingerprint density at radius 2 is 1.79 bits per heavy atom. The van der Waals surface area contributed by atoms with Gasteiger partial charge in [0.05, 0.1) is 6.04 Å². The standard InChI is InChI=1S/C24H32N2O2/c1-17-7-13-23(14-8-17)28-20(4)24(27)25-19(3)21-9-11-22(12-10-21)26-15-5-6-18(2)16-26/h7-14,18-20H,5-6,15-16H2,1-4H3,(H,25,27)/t18-,19+,20+/m1/s1. The van der Waals surface area contributed by atoms with Gasteiger partial charge in [0.25, 0.3) is 5.91 Å². The molecule has 2 aromatic carbocycles. The van der Waals surface area contributed by atoms with Crippen LogP contribution in [-0.2, 0) is 4.79 Å². The summed E-state index contributed by atoms with van der Waals surface area (Å²) < 4.78 is 5.76. The van der Waals surface area contributed by atoms with Crippen LogP contribution in [0.25, 0.3) is 0 Å². The monoisotopic (exact) mass is 380 g/mol. The summed E-state index contributed by atoms with van der Waals surface area (Å²) in [4.78, 5) is 15.0. The molecule has 1 N–H and O–H groups in total. The SMILES string of the molecule is Cc1ccc(O[C@@H](C)C(=O)N[C@@H](C)c2ccc(N3CCC[C@@H](C)C3)cc2)cc1. The van der Waals surface area contributed by atoms with Crippen LogP contribution < -0.4 is 15.0 Å². The minimum atomic E-state index is -0.542. The normalized spacial score (nSPS) is 19.0. The topological polar surface area (TPSA) is 41.6 Å². The molecular formula is C24H32N2O2. The molecule has 1 amide bonds. The lowest BCUT2D eigenvalue weighted by Crippen LogP contribution is -2.37. The van der Waals surface area contributed by atoms with Crippen molar-refractivity contribution >= 4 is 11.6 Å². The van der Waals surface area contributed by atoms with E-state index in [0.717, 1.165) is 24.6 Å². The second-order valence-electron chi connectivity index (χ2n) is 8.09. The van der Waals surface area contributed by atoms with Crippen LogP contribution in [0.2, 0.25) is 0 Å². The van der Waals surface area contributed by atoms with Gasteiger partial charge in [-0.2, -0.15) is 0 Å².